The highest BCUT2D eigenvalue weighted by atomic mass is 32.1. The number of aromatic nitrogens is 1. The Bertz CT molecular complexity index is 1310. The van der Waals surface area contributed by atoms with Gasteiger partial charge in [-0.15, -0.1) is 11.3 Å². The van der Waals surface area contributed by atoms with Crippen molar-refractivity contribution < 1.29 is 15.0 Å². The minimum absolute atomic E-state index is 0.0470. The second kappa shape index (κ2) is 8.56. The van der Waals surface area contributed by atoms with Crippen molar-refractivity contribution in [3.63, 3.8) is 0 Å². The lowest BCUT2D eigenvalue weighted by Crippen LogP contribution is -2.26. The van der Waals surface area contributed by atoms with Crippen molar-refractivity contribution in [2.75, 3.05) is 0 Å². The maximum absolute atomic E-state index is 11.3. The summed E-state index contributed by atoms with van der Waals surface area (Å²) in [4.78, 5) is 17.4. The molecule has 1 heterocycles. The van der Waals surface area contributed by atoms with Crippen LogP contribution in [-0.2, 0) is 23.7 Å². The Labute approximate surface area is 204 Å². The Morgan fingerprint density at radius 2 is 1.91 bits per heavy atom. The SMILES string of the molecule is CC(C)(C)c1scnc1C(C)(C)CC1Cc2cc(C#N)cc(-c3ccc(C(=O)O)c(O)c3)c2C1. The highest BCUT2D eigenvalue weighted by molar-refractivity contribution is 7.09. The predicted octanol–water partition coefficient (Wildman–Crippen LogP) is 6.47. The fourth-order valence-corrected chi connectivity index (χ4v) is 6.31. The van der Waals surface area contributed by atoms with Gasteiger partial charge in [-0.25, -0.2) is 9.78 Å². The molecule has 1 aliphatic carbocycles. The molecule has 0 saturated heterocycles. The van der Waals surface area contributed by atoms with E-state index in [1.807, 2.05) is 17.6 Å². The maximum Gasteiger partial charge on any atom is 0.339 e. The molecule has 2 N–H and O–H groups in total. The summed E-state index contributed by atoms with van der Waals surface area (Å²) >= 11 is 1.73. The monoisotopic (exact) mass is 474 g/mol. The predicted molar refractivity (Wildman–Crippen MR) is 135 cm³/mol. The van der Waals surface area contributed by atoms with Gasteiger partial charge in [-0.3, -0.25) is 0 Å². The zero-order valence-electron chi connectivity index (χ0n) is 20.3. The summed E-state index contributed by atoms with van der Waals surface area (Å²) < 4.78 is 0. The van der Waals surface area contributed by atoms with Crippen molar-refractivity contribution in [3.05, 3.63) is 68.7 Å². The molecule has 1 atom stereocenters. The standard InChI is InChI=1S/C28H30N2O3S/c1-27(2,3)25-24(30-15-34-25)28(4,5)13-16-8-19-9-17(14-29)11-21(22(19)10-16)18-6-7-20(26(32)33)23(31)12-18/h6-7,9,11-12,15-16,31H,8,10,13H2,1-5H3,(H,32,33). The zero-order valence-corrected chi connectivity index (χ0v) is 21.1. The number of carboxylic acid groups (broad SMARTS) is 1. The Morgan fingerprint density at radius 3 is 2.53 bits per heavy atom. The van der Waals surface area contributed by atoms with Crippen LogP contribution < -0.4 is 0 Å². The van der Waals surface area contributed by atoms with Crippen LogP contribution in [0.2, 0.25) is 0 Å². The lowest BCUT2D eigenvalue weighted by molar-refractivity contribution is 0.0693. The van der Waals surface area contributed by atoms with Gasteiger partial charge >= 0.3 is 5.97 Å². The lowest BCUT2D eigenvalue weighted by Gasteiger charge is -2.30. The molecule has 176 valence electrons. The van der Waals surface area contributed by atoms with E-state index in [9.17, 15) is 20.3 Å². The van der Waals surface area contributed by atoms with Crippen LogP contribution in [0.15, 0.2) is 35.8 Å². The van der Waals surface area contributed by atoms with Crippen molar-refractivity contribution in [1.29, 1.82) is 5.26 Å². The van der Waals surface area contributed by atoms with Gasteiger partial charge in [0.15, 0.2) is 0 Å². The van der Waals surface area contributed by atoms with Gasteiger partial charge in [0.1, 0.15) is 11.3 Å². The van der Waals surface area contributed by atoms with Crippen LogP contribution in [0.1, 0.15) is 78.7 Å². The second-order valence-electron chi connectivity index (χ2n) is 11.0. The van der Waals surface area contributed by atoms with Crippen LogP contribution in [0, 0.1) is 17.2 Å². The summed E-state index contributed by atoms with van der Waals surface area (Å²) in [7, 11) is 0. The summed E-state index contributed by atoms with van der Waals surface area (Å²) in [5.74, 6) is -1.03. The molecule has 0 radical (unpaired) electrons. The minimum Gasteiger partial charge on any atom is -0.507 e. The van der Waals surface area contributed by atoms with Crippen LogP contribution in [0.5, 0.6) is 5.75 Å². The number of aromatic carboxylic acids is 1. The molecule has 0 bridgehead atoms. The maximum atomic E-state index is 11.3. The van der Waals surface area contributed by atoms with Crippen molar-refractivity contribution in [1.82, 2.24) is 4.98 Å². The van der Waals surface area contributed by atoms with Crippen LogP contribution in [0.4, 0.5) is 0 Å². The van der Waals surface area contributed by atoms with E-state index < -0.39 is 5.97 Å². The third-order valence-electron chi connectivity index (χ3n) is 6.70. The van der Waals surface area contributed by atoms with E-state index in [-0.39, 0.29) is 22.1 Å². The van der Waals surface area contributed by atoms with Gasteiger partial charge in [0.25, 0.3) is 0 Å². The molecular formula is C28H30N2O3S. The van der Waals surface area contributed by atoms with Gasteiger partial charge in [0, 0.05) is 10.3 Å². The van der Waals surface area contributed by atoms with Crippen molar-refractivity contribution in [2.24, 2.45) is 5.92 Å². The molecule has 0 spiro atoms. The highest BCUT2D eigenvalue weighted by Crippen LogP contribution is 2.44. The number of aromatic hydroxyl groups is 1. The third-order valence-corrected chi connectivity index (χ3v) is 7.95. The fraction of sp³-hybridized carbons (Fsp3) is 0.393. The van der Waals surface area contributed by atoms with E-state index in [2.05, 4.69) is 40.7 Å². The molecule has 3 aromatic rings. The van der Waals surface area contributed by atoms with Crippen LogP contribution >= 0.6 is 11.3 Å². The number of carboxylic acids is 1. The second-order valence-corrected chi connectivity index (χ2v) is 11.8. The van der Waals surface area contributed by atoms with E-state index >= 15 is 0 Å². The van der Waals surface area contributed by atoms with Crippen LogP contribution in [0.25, 0.3) is 11.1 Å². The number of rotatable bonds is 5. The van der Waals surface area contributed by atoms with E-state index in [0.29, 0.717) is 11.5 Å². The van der Waals surface area contributed by atoms with Crippen LogP contribution in [-0.4, -0.2) is 21.2 Å². The first-order valence-electron chi connectivity index (χ1n) is 11.5. The van der Waals surface area contributed by atoms with Gasteiger partial charge in [-0.05, 0) is 77.1 Å². The van der Waals surface area contributed by atoms with Crippen molar-refractivity contribution in [2.45, 2.75) is 64.7 Å². The summed E-state index contributed by atoms with van der Waals surface area (Å²) in [6, 6.07) is 10.7. The number of thiazole rings is 1. The molecule has 0 amide bonds. The third kappa shape index (κ3) is 4.45. The normalized spacial score (nSPS) is 15.7. The van der Waals surface area contributed by atoms with E-state index in [0.717, 1.165) is 36.0 Å². The molecule has 0 aliphatic heterocycles. The van der Waals surface area contributed by atoms with E-state index in [4.69, 9.17) is 4.98 Å². The van der Waals surface area contributed by atoms with Gasteiger partial charge in [-0.1, -0.05) is 40.7 Å². The smallest absolute Gasteiger partial charge is 0.339 e. The summed E-state index contributed by atoms with van der Waals surface area (Å²) in [5.41, 5.74) is 7.48. The number of benzene rings is 2. The Balaban J connectivity index is 1.67. The largest absolute Gasteiger partial charge is 0.507 e. The fourth-order valence-electron chi connectivity index (χ4n) is 5.25. The number of carbonyl (C=O) groups is 1. The summed E-state index contributed by atoms with van der Waals surface area (Å²) in [6.07, 6.45) is 2.73. The summed E-state index contributed by atoms with van der Waals surface area (Å²) in [5, 5.41) is 29.1. The first-order valence-corrected chi connectivity index (χ1v) is 12.4. The van der Waals surface area contributed by atoms with Crippen molar-refractivity contribution >= 4 is 17.3 Å². The average Bonchev–Trinajstić information content (AvgIpc) is 3.39. The molecule has 34 heavy (non-hydrogen) atoms. The lowest BCUT2D eigenvalue weighted by atomic mass is 9.76. The minimum atomic E-state index is -1.17. The molecule has 0 fully saturated rings. The number of nitriles is 1. The van der Waals surface area contributed by atoms with Gasteiger partial charge in [0.05, 0.1) is 22.8 Å². The first kappa shape index (κ1) is 24.0. The van der Waals surface area contributed by atoms with Gasteiger partial charge in [0.2, 0.25) is 0 Å². The topological polar surface area (TPSA) is 94.2 Å². The molecule has 1 unspecified atom stereocenters. The molecule has 1 aromatic heterocycles. The van der Waals surface area contributed by atoms with E-state index in [1.165, 1.54) is 28.3 Å². The molecule has 5 nitrogen and oxygen atoms in total. The quantitative estimate of drug-likeness (QED) is 0.442. The molecular weight excluding hydrogens is 444 g/mol. The number of nitrogens with zero attached hydrogens (tertiary/aromatic N) is 2. The molecule has 2 aromatic carbocycles. The first-order chi connectivity index (χ1) is 15.9. The average molecular weight is 475 g/mol. The Hall–Kier alpha value is -3.17. The van der Waals surface area contributed by atoms with Crippen molar-refractivity contribution in [3.8, 4) is 22.9 Å². The highest BCUT2D eigenvalue weighted by Gasteiger charge is 2.36. The van der Waals surface area contributed by atoms with Gasteiger partial charge < -0.3 is 10.2 Å². The molecule has 6 heteroatoms. The summed E-state index contributed by atoms with van der Waals surface area (Å²) in [6.45, 7) is 11.2. The number of hydrogen-bond donors (Lipinski definition) is 2. The molecule has 1 aliphatic rings. The number of phenols is 1. The van der Waals surface area contributed by atoms with Gasteiger partial charge in [-0.2, -0.15) is 5.26 Å². The van der Waals surface area contributed by atoms with Crippen LogP contribution in [0.3, 0.4) is 0 Å². The Kier molecular flexibility index (Phi) is 6.03. The molecule has 4 rings (SSSR count). The Morgan fingerprint density at radius 1 is 1.18 bits per heavy atom. The number of fused-ring (bicyclic) bond motifs is 1. The zero-order chi connectivity index (χ0) is 24.8. The van der Waals surface area contributed by atoms with E-state index in [1.54, 1.807) is 17.4 Å². The number of hydrogen-bond acceptors (Lipinski definition) is 5. The molecule has 0 saturated carbocycles.